The van der Waals surface area contributed by atoms with Crippen LogP contribution in [0.25, 0.3) is 0 Å². The number of carboxylic acids is 1. The Morgan fingerprint density at radius 3 is 2.67 bits per heavy atom. The molecule has 0 spiro atoms. The number of aliphatic hydroxyl groups is 1. The highest BCUT2D eigenvalue weighted by atomic mass is 79.9. The highest BCUT2D eigenvalue weighted by molar-refractivity contribution is 9.10. The minimum absolute atomic E-state index is 0.201. The summed E-state index contributed by atoms with van der Waals surface area (Å²) in [5.41, 5.74) is -1.82. The Hall–Kier alpha value is -1.11. The molecule has 0 heterocycles. The molecule has 0 saturated carbocycles. The zero-order chi connectivity index (χ0) is 13.9. The number of carbonyl (C=O) groups excluding carboxylic acids is 1. The van der Waals surface area contributed by atoms with Gasteiger partial charge in [0, 0.05) is 4.47 Å². The van der Waals surface area contributed by atoms with Crippen LogP contribution in [0.15, 0.2) is 22.7 Å². The summed E-state index contributed by atoms with van der Waals surface area (Å²) in [6, 6.07) is 4.80. The van der Waals surface area contributed by atoms with Gasteiger partial charge in [0.05, 0.1) is 17.1 Å². The van der Waals surface area contributed by atoms with Crippen LogP contribution in [0.2, 0.25) is 5.02 Å². The van der Waals surface area contributed by atoms with Crippen LogP contribution in [-0.4, -0.2) is 34.2 Å². The molecule has 1 unspecified atom stereocenters. The number of halogens is 2. The highest BCUT2D eigenvalue weighted by Gasteiger charge is 2.30. The van der Waals surface area contributed by atoms with Crippen molar-refractivity contribution in [2.24, 2.45) is 0 Å². The normalized spacial score (nSPS) is 13.8. The molecular formula is C11H11BrClNO4. The first-order valence-electron chi connectivity index (χ1n) is 4.93. The van der Waals surface area contributed by atoms with Gasteiger partial charge in [0.1, 0.15) is 0 Å². The molecule has 1 aromatic carbocycles. The quantitative estimate of drug-likeness (QED) is 0.780. The Balaban J connectivity index is 2.78. The predicted molar refractivity (Wildman–Crippen MR) is 69.7 cm³/mol. The molecule has 0 aliphatic heterocycles. The second-order valence-electron chi connectivity index (χ2n) is 3.86. The lowest BCUT2D eigenvalue weighted by Gasteiger charge is -2.18. The van der Waals surface area contributed by atoms with E-state index < -0.39 is 24.0 Å². The SMILES string of the molecule is CC(O)(CNC(=O)c1cccc(Br)c1Cl)C(=O)O. The molecule has 0 fully saturated rings. The number of nitrogens with one attached hydrogen (secondary N) is 1. The van der Waals surface area contributed by atoms with E-state index in [9.17, 15) is 14.7 Å². The number of amides is 1. The van der Waals surface area contributed by atoms with E-state index in [1.165, 1.54) is 6.07 Å². The van der Waals surface area contributed by atoms with Crippen LogP contribution in [0.4, 0.5) is 0 Å². The summed E-state index contributed by atoms with van der Waals surface area (Å²) in [5, 5.41) is 20.7. The van der Waals surface area contributed by atoms with Gasteiger partial charge in [-0.15, -0.1) is 0 Å². The van der Waals surface area contributed by atoms with Crippen LogP contribution in [0, 0.1) is 0 Å². The van der Waals surface area contributed by atoms with E-state index in [1.54, 1.807) is 12.1 Å². The highest BCUT2D eigenvalue weighted by Crippen LogP contribution is 2.25. The first kappa shape index (κ1) is 14.9. The number of hydrogen-bond donors (Lipinski definition) is 3. The van der Waals surface area contributed by atoms with Crippen molar-refractivity contribution in [3.63, 3.8) is 0 Å². The minimum atomic E-state index is -2.02. The third kappa shape index (κ3) is 3.44. The molecule has 1 rings (SSSR count). The van der Waals surface area contributed by atoms with Crippen LogP contribution in [0.3, 0.4) is 0 Å². The van der Waals surface area contributed by atoms with Crippen molar-refractivity contribution < 1.29 is 19.8 Å². The Bertz CT molecular complexity index is 490. The Kier molecular flexibility index (Phi) is 4.72. The van der Waals surface area contributed by atoms with Gasteiger partial charge in [0.15, 0.2) is 5.60 Å². The zero-order valence-electron chi connectivity index (χ0n) is 9.41. The first-order valence-corrected chi connectivity index (χ1v) is 6.11. The Morgan fingerprint density at radius 2 is 2.11 bits per heavy atom. The van der Waals surface area contributed by atoms with Crippen LogP contribution in [-0.2, 0) is 4.79 Å². The number of benzene rings is 1. The summed E-state index contributed by atoms with van der Waals surface area (Å²) in [7, 11) is 0. The van der Waals surface area contributed by atoms with E-state index >= 15 is 0 Å². The molecular weight excluding hydrogens is 325 g/mol. The van der Waals surface area contributed by atoms with Gasteiger partial charge in [0.2, 0.25) is 0 Å². The van der Waals surface area contributed by atoms with E-state index in [2.05, 4.69) is 21.2 Å². The lowest BCUT2D eigenvalue weighted by molar-refractivity contribution is -0.155. The van der Waals surface area contributed by atoms with Gasteiger partial charge in [-0.25, -0.2) is 4.79 Å². The Labute approximate surface area is 117 Å². The minimum Gasteiger partial charge on any atom is -0.479 e. The summed E-state index contributed by atoms with van der Waals surface area (Å²) in [6.45, 7) is 0.683. The van der Waals surface area contributed by atoms with Gasteiger partial charge < -0.3 is 15.5 Å². The van der Waals surface area contributed by atoms with Gasteiger partial charge in [-0.1, -0.05) is 17.7 Å². The van der Waals surface area contributed by atoms with Crippen molar-refractivity contribution >= 4 is 39.4 Å². The molecule has 1 aromatic rings. The molecule has 1 amide bonds. The lowest BCUT2D eigenvalue weighted by atomic mass is 10.1. The fourth-order valence-corrected chi connectivity index (χ4v) is 1.68. The standard InChI is InChI=1S/C11H11BrClNO4/c1-11(18,10(16)17)5-14-9(15)6-3-2-4-7(12)8(6)13/h2-4,18H,5H2,1H3,(H,14,15)(H,16,17). The third-order valence-electron chi connectivity index (χ3n) is 2.25. The maximum atomic E-state index is 11.8. The summed E-state index contributed by atoms with van der Waals surface area (Å²) in [6.07, 6.45) is 0. The zero-order valence-corrected chi connectivity index (χ0v) is 11.7. The van der Waals surface area contributed by atoms with E-state index in [1.807, 2.05) is 0 Å². The number of hydrogen-bond acceptors (Lipinski definition) is 3. The van der Waals surface area contributed by atoms with Gasteiger partial charge in [0.25, 0.3) is 5.91 Å². The molecule has 0 radical (unpaired) electrons. The second kappa shape index (κ2) is 5.69. The number of rotatable bonds is 4. The molecule has 98 valence electrons. The summed E-state index contributed by atoms with van der Waals surface area (Å²) in [4.78, 5) is 22.4. The van der Waals surface area contributed by atoms with E-state index in [4.69, 9.17) is 16.7 Å². The molecule has 7 heteroatoms. The fraction of sp³-hybridized carbons (Fsp3) is 0.273. The Morgan fingerprint density at radius 1 is 1.50 bits per heavy atom. The van der Waals surface area contributed by atoms with Crippen LogP contribution in [0.1, 0.15) is 17.3 Å². The lowest BCUT2D eigenvalue weighted by Crippen LogP contribution is -2.46. The summed E-state index contributed by atoms with van der Waals surface area (Å²) >= 11 is 9.09. The molecule has 3 N–H and O–H groups in total. The van der Waals surface area contributed by atoms with Gasteiger partial charge >= 0.3 is 5.97 Å². The first-order chi connectivity index (χ1) is 8.25. The van der Waals surface area contributed by atoms with Crippen molar-refractivity contribution in [2.75, 3.05) is 6.54 Å². The predicted octanol–water partition coefficient (Wildman–Crippen LogP) is 1.67. The molecule has 5 nitrogen and oxygen atoms in total. The van der Waals surface area contributed by atoms with Crippen LogP contribution in [0.5, 0.6) is 0 Å². The maximum Gasteiger partial charge on any atom is 0.337 e. The molecule has 0 aliphatic carbocycles. The molecule has 1 atom stereocenters. The number of carboxylic acid groups (broad SMARTS) is 1. The maximum absolute atomic E-state index is 11.8. The molecule has 0 aliphatic rings. The second-order valence-corrected chi connectivity index (χ2v) is 5.10. The fourth-order valence-electron chi connectivity index (χ4n) is 1.10. The topological polar surface area (TPSA) is 86.6 Å². The third-order valence-corrected chi connectivity index (χ3v) is 3.55. The van der Waals surface area contributed by atoms with Gasteiger partial charge in [-0.2, -0.15) is 0 Å². The molecule has 18 heavy (non-hydrogen) atoms. The number of carbonyl (C=O) groups is 2. The summed E-state index contributed by atoms with van der Waals surface area (Å²) in [5.74, 6) is -1.97. The summed E-state index contributed by atoms with van der Waals surface area (Å²) < 4.78 is 0.557. The molecule has 0 saturated heterocycles. The van der Waals surface area contributed by atoms with Crippen LogP contribution < -0.4 is 5.32 Å². The largest absolute Gasteiger partial charge is 0.479 e. The van der Waals surface area contributed by atoms with Crippen molar-refractivity contribution in [1.29, 1.82) is 0 Å². The van der Waals surface area contributed by atoms with Crippen molar-refractivity contribution in [1.82, 2.24) is 5.32 Å². The molecule has 0 aromatic heterocycles. The average Bonchev–Trinajstić information content (AvgIpc) is 2.29. The van der Waals surface area contributed by atoms with Crippen LogP contribution >= 0.6 is 27.5 Å². The monoisotopic (exact) mass is 335 g/mol. The van der Waals surface area contributed by atoms with E-state index in [0.717, 1.165) is 6.92 Å². The van der Waals surface area contributed by atoms with Crippen molar-refractivity contribution in [3.8, 4) is 0 Å². The average molecular weight is 337 g/mol. The van der Waals surface area contributed by atoms with Gasteiger partial charge in [-0.3, -0.25) is 4.79 Å². The van der Waals surface area contributed by atoms with Crippen molar-refractivity contribution in [2.45, 2.75) is 12.5 Å². The van der Waals surface area contributed by atoms with Gasteiger partial charge in [-0.05, 0) is 35.0 Å². The van der Waals surface area contributed by atoms with E-state index in [0.29, 0.717) is 4.47 Å². The smallest absolute Gasteiger partial charge is 0.337 e. The number of aliphatic carboxylic acids is 1. The molecule has 0 bridgehead atoms. The van der Waals surface area contributed by atoms with Crippen molar-refractivity contribution in [3.05, 3.63) is 33.3 Å². The van der Waals surface area contributed by atoms with E-state index in [-0.39, 0.29) is 10.6 Å².